The molecule has 0 radical (unpaired) electrons. The zero-order chi connectivity index (χ0) is 29.5. The molecule has 40 heavy (non-hydrogen) atoms. The third-order valence-electron chi connectivity index (χ3n) is 7.42. The molecule has 1 amide bonds. The first kappa shape index (κ1) is 38.1. The van der Waals surface area contributed by atoms with Gasteiger partial charge >= 0.3 is 11.9 Å². The highest BCUT2D eigenvalue weighted by atomic mass is 16.5. The van der Waals surface area contributed by atoms with Gasteiger partial charge in [-0.3, -0.25) is 14.4 Å². The van der Waals surface area contributed by atoms with Gasteiger partial charge in [0.25, 0.3) is 0 Å². The lowest BCUT2D eigenvalue weighted by molar-refractivity contribution is -0.147. The molecule has 0 spiro atoms. The smallest absolute Gasteiger partial charge is 0.322 e. The fourth-order valence-electron chi connectivity index (χ4n) is 4.89. The number of unbranched alkanes of at least 4 members (excludes halogenated alkanes) is 19. The minimum Gasteiger partial charge on any atom is -0.480 e. The van der Waals surface area contributed by atoms with E-state index in [1.807, 2.05) is 0 Å². The van der Waals surface area contributed by atoms with Crippen LogP contribution in [0.1, 0.15) is 174 Å². The van der Waals surface area contributed by atoms with Gasteiger partial charge in [-0.15, -0.1) is 0 Å². The van der Waals surface area contributed by atoms with E-state index in [1.54, 1.807) is 0 Å². The van der Waals surface area contributed by atoms with E-state index in [0.717, 1.165) is 64.2 Å². The molecule has 0 aromatic carbocycles. The molecule has 0 bridgehead atoms. The average Bonchev–Trinajstić information content (AvgIpc) is 2.93. The number of carboxylic acids is 1. The lowest BCUT2D eigenvalue weighted by atomic mass is 10.0. The number of esters is 1. The predicted octanol–water partition coefficient (Wildman–Crippen LogP) is 9.45. The number of amides is 1. The highest BCUT2D eigenvalue weighted by Gasteiger charge is 2.11. The topological polar surface area (TPSA) is 92.7 Å². The van der Waals surface area contributed by atoms with Crippen LogP contribution in [0.2, 0.25) is 0 Å². The van der Waals surface area contributed by atoms with Crippen molar-refractivity contribution < 1.29 is 24.2 Å². The first-order valence-electron chi connectivity index (χ1n) is 16.8. The van der Waals surface area contributed by atoms with Crippen LogP contribution in [-0.2, 0) is 19.1 Å². The van der Waals surface area contributed by atoms with E-state index in [9.17, 15) is 14.4 Å². The van der Waals surface area contributed by atoms with Crippen molar-refractivity contribution in [1.82, 2.24) is 5.32 Å². The van der Waals surface area contributed by atoms with Gasteiger partial charge in [0, 0.05) is 12.8 Å². The van der Waals surface area contributed by atoms with E-state index in [2.05, 4.69) is 31.3 Å². The van der Waals surface area contributed by atoms with Crippen LogP contribution in [0.25, 0.3) is 0 Å². The summed E-state index contributed by atoms with van der Waals surface area (Å²) in [7, 11) is 0. The summed E-state index contributed by atoms with van der Waals surface area (Å²) in [6, 6.07) is 0. The van der Waals surface area contributed by atoms with Crippen LogP contribution >= 0.6 is 0 Å². The van der Waals surface area contributed by atoms with Gasteiger partial charge in [-0.2, -0.15) is 0 Å². The fourth-order valence-corrected chi connectivity index (χ4v) is 4.89. The van der Waals surface area contributed by atoms with E-state index in [-0.39, 0.29) is 24.5 Å². The third-order valence-corrected chi connectivity index (χ3v) is 7.42. The minimum absolute atomic E-state index is 0.0571. The molecule has 0 saturated heterocycles. The molecule has 0 aromatic rings. The number of carbonyl (C=O) groups excluding carboxylic acids is 2. The lowest BCUT2D eigenvalue weighted by Crippen LogP contribution is -2.28. The number of ether oxygens (including phenoxy) is 1. The Morgan fingerprint density at radius 1 is 0.650 bits per heavy atom. The van der Waals surface area contributed by atoms with Crippen LogP contribution in [0.5, 0.6) is 0 Å². The minimum atomic E-state index is -1.02. The van der Waals surface area contributed by atoms with Crippen LogP contribution in [-0.4, -0.2) is 35.6 Å². The first-order chi connectivity index (χ1) is 19.5. The SMILES string of the molecule is CCCCCCCC/C=C\C(CCCCCCCCC(=O)NCC(=O)O)OC(=O)CCCCCCCCCCC. The molecule has 0 saturated carbocycles. The second kappa shape index (κ2) is 30.1. The number of hydrogen-bond donors (Lipinski definition) is 2. The molecule has 0 aliphatic carbocycles. The zero-order valence-corrected chi connectivity index (χ0v) is 26.2. The maximum Gasteiger partial charge on any atom is 0.322 e. The van der Waals surface area contributed by atoms with Gasteiger partial charge in [-0.25, -0.2) is 0 Å². The monoisotopic (exact) mass is 565 g/mol. The number of carboxylic acid groups (broad SMARTS) is 1. The summed E-state index contributed by atoms with van der Waals surface area (Å²) in [5.74, 6) is -1.27. The van der Waals surface area contributed by atoms with Gasteiger partial charge in [0.1, 0.15) is 12.6 Å². The second-order valence-corrected chi connectivity index (χ2v) is 11.4. The number of allylic oxidation sites excluding steroid dienone is 1. The largest absolute Gasteiger partial charge is 0.480 e. The number of carbonyl (C=O) groups is 3. The summed E-state index contributed by atoms with van der Waals surface area (Å²) < 4.78 is 5.88. The van der Waals surface area contributed by atoms with Crippen LogP contribution in [0.15, 0.2) is 12.2 Å². The molecule has 0 heterocycles. The number of nitrogens with one attached hydrogen (secondary N) is 1. The highest BCUT2D eigenvalue weighted by molar-refractivity contribution is 5.80. The Balaban J connectivity index is 4.18. The molecule has 0 aromatic heterocycles. The fraction of sp³-hybridized carbons (Fsp3) is 0.853. The molecule has 0 rings (SSSR count). The Morgan fingerprint density at radius 3 is 1.68 bits per heavy atom. The lowest BCUT2D eigenvalue weighted by Gasteiger charge is -2.15. The molecule has 0 aliphatic heterocycles. The molecule has 234 valence electrons. The normalized spacial score (nSPS) is 12.1. The van der Waals surface area contributed by atoms with Crippen LogP contribution in [0.4, 0.5) is 0 Å². The molecule has 6 heteroatoms. The summed E-state index contributed by atoms with van der Waals surface area (Å²) in [6.45, 7) is 4.18. The van der Waals surface area contributed by atoms with Crippen molar-refractivity contribution in [1.29, 1.82) is 0 Å². The molecule has 1 atom stereocenters. The summed E-state index contributed by atoms with van der Waals surface area (Å²) >= 11 is 0. The summed E-state index contributed by atoms with van der Waals surface area (Å²) in [6.07, 6.45) is 32.0. The average molecular weight is 566 g/mol. The zero-order valence-electron chi connectivity index (χ0n) is 26.2. The van der Waals surface area contributed by atoms with E-state index in [1.165, 1.54) is 83.5 Å². The molecule has 6 nitrogen and oxygen atoms in total. The molecular weight excluding hydrogens is 502 g/mol. The van der Waals surface area contributed by atoms with Crippen LogP contribution in [0.3, 0.4) is 0 Å². The molecule has 0 aliphatic rings. The Labute approximate surface area is 246 Å². The quantitative estimate of drug-likeness (QED) is 0.0514. The molecule has 2 N–H and O–H groups in total. The second-order valence-electron chi connectivity index (χ2n) is 11.4. The van der Waals surface area contributed by atoms with Crippen molar-refractivity contribution in [3.8, 4) is 0 Å². The van der Waals surface area contributed by atoms with Crippen molar-refractivity contribution in [2.75, 3.05) is 6.54 Å². The van der Waals surface area contributed by atoms with Crippen LogP contribution in [0, 0.1) is 0 Å². The molecule has 0 fully saturated rings. The van der Waals surface area contributed by atoms with Gasteiger partial charge in [0.15, 0.2) is 0 Å². The van der Waals surface area contributed by atoms with Crippen molar-refractivity contribution >= 4 is 17.8 Å². The summed E-state index contributed by atoms with van der Waals surface area (Å²) in [5, 5.41) is 11.0. The van der Waals surface area contributed by atoms with Crippen LogP contribution < -0.4 is 5.32 Å². The highest BCUT2D eigenvalue weighted by Crippen LogP contribution is 2.16. The Kier molecular flexibility index (Phi) is 28.7. The van der Waals surface area contributed by atoms with Crippen molar-refractivity contribution in [2.45, 2.75) is 180 Å². The number of aliphatic carboxylic acids is 1. The Bertz CT molecular complexity index is 634. The van der Waals surface area contributed by atoms with Gasteiger partial charge in [-0.1, -0.05) is 129 Å². The van der Waals surface area contributed by atoms with Crippen molar-refractivity contribution in [3.63, 3.8) is 0 Å². The van der Waals surface area contributed by atoms with Gasteiger partial charge in [0.2, 0.25) is 5.91 Å². The van der Waals surface area contributed by atoms with E-state index < -0.39 is 5.97 Å². The number of hydrogen-bond acceptors (Lipinski definition) is 4. The maximum absolute atomic E-state index is 12.5. The number of rotatable bonds is 30. The maximum atomic E-state index is 12.5. The summed E-state index contributed by atoms with van der Waals surface area (Å²) in [4.78, 5) is 34.6. The van der Waals surface area contributed by atoms with Crippen molar-refractivity contribution in [3.05, 3.63) is 12.2 Å². The third kappa shape index (κ3) is 29.1. The summed E-state index contributed by atoms with van der Waals surface area (Å²) in [5.41, 5.74) is 0. The first-order valence-corrected chi connectivity index (χ1v) is 16.8. The van der Waals surface area contributed by atoms with Gasteiger partial charge < -0.3 is 15.2 Å². The molecule has 1 unspecified atom stereocenters. The Hall–Kier alpha value is -1.85. The van der Waals surface area contributed by atoms with E-state index in [0.29, 0.717) is 12.8 Å². The van der Waals surface area contributed by atoms with Gasteiger partial charge in [-0.05, 0) is 44.6 Å². The standard InChI is InChI=1S/C34H63NO5/c1-3-5-7-9-11-13-15-21-25-29-34(39)40-31(26-22-18-14-12-10-8-6-4-2)27-23-19-16-17-20-24-28-32(36)35-30-33(37)38/h22,26,31H,3-21,23-25,27-30H2,1-2H3,(H,35,36)(H,37,38)/b26-22-. The predicted molar refractivity (Wildman–Crippen MR) is 166 cm³/mol. The van der Waals surface area contributed by atoms with Crippen molar-refractivity contribution in [2.24, 2.45) is 0 Å². The van der Waals surface area contributed by atoms with Gasteiger partial charge in [0.05, 0.1) is 0 Å². The van der Waals surface area contributed by atoms with E-state index >= 15 is 0 Å². The Morgan fingerprint density at radius 2 is 1.12 bits per heavy atom. The van der Waals surface area contributed by atoms with E-state index in [4.69, 9.17) is 9.84 Å². The molecular formula is C34H63NO5.